The summed E-state index contributed by atoms with van der Waals surface area (Å²) in [6.07, 6.45) is -1.12. The van der Waals surface area contributed by atoms with Crippen LogP contribution in [0.5, 0.6) is 0 Å². The summed E-state index contributed by atoms with van der Waals surface area (Å²) in [7, 11) is 1.19. The van der Waals surface area contributed by atoms with Crippen molar-refractivity contribution in [3.8, 4) is 0 Å². The van der Waals surface area contributed by atoms with Gasteiger partial charge in [-0.3, -0.25) is 14.9 Å². The monoisotopic (exact) mass is 275 g/mol. The van der Waals surface area contributed by atoms with Crippen molar-refractivity contribution in [1.82, 2.24) is 0 Å². The van der Waals surface area contributed by atoms with E-state index in [0.29, 0.717) is 6.07 Å². The summed E-state index contributed by atoms with van der Waals surface area (Å²) >= 11 is 0. The van der Waals surface area contributed by atoms with E-state index >= 15 is 0 Å². The fourth-order valence-corrected chi connectivity index (χ4v) is 1.33. The van der Waals surface area contributed by atoms with Crippen molar-refractivity contribution < 1.29 is 23.2 Å². The zero-order valence-electron chi connectivity index (χ0n) is 9.85. The number of nitro benzene ring substituents is 1. The molecule has 19 heavy (non-hydrogen) atoms. The van der Waals surface area contributed by atoms with Crippen LogP contribution in [0.15, 0.2) is 12.1 Å². The molecule has 0 aromatic heterocycles. The molecule has 0 radical (unpaired) electrons. The fourth-order valence-electron chi connectivity index (χ4n) is 1.33. The average Bonchev–Trinajstić information content (AvgIpc) is 2.36. The van der Waals surface area contributed by atoms with E-state index in [1.807, 2.05) is 5.32 Å². The van der Waals surface area contributed by atoms with Gasteiger partial charge in [0.05, 0.1) is 4.92 Å². The summed E-state index contributed by atoms with van der Waals surface area (Å²) in [5.74, 6) is -3.74. The molecule has 0 saturated heterocycles. The van der Waals surface area contributed by atoms with Gasteiger partial charge in [-0.05, 0) is 6.07 Å². The molecule has 3 N–H and O–H groups in total. The lowest BCUT2D eigenvalue weighted by molar-refractivity contribution is -0.384. The Morgan fingerprint density at radius 2 is 2.21 bits per heavy atom. The molecule has 9 heteroatoms. The molecule has 0 saturated carbocycles. The minimum Gasteiger partial charge on any atom is -0.370 e. The van der Waals surface area contributed by atoms with Crippen LogP contribution in [0.3, 0.4) is 0 Å². The molecule has 1 amide bonds. The largest absolute Gasteiger partial charge is 0.370 e. The van der Waals surface area contributed by atoms with Crippen molar-refractivity contribution >= 4 is 17.3 Å². The van der Waals surface area contributed by atoms with Crippen LogP contribution in [0.25, 0.3) is 0 Å². The van der Waals surface area contributed by atoms with E-state index in [1.54, 1.807) is 0 Å². The highest BCUT2D eigenvalue weighted by Gasteiger charge is 2.26. The smallest absolute Gasteiger partial charge is 0.296 e. The molecule has 0 fully saturated rings. The summed E-state index contributed by atoms with van der Waals surface area (Å²) in [6.45, 7) is -0.215. The Morgan fingerprint density at radius 3 is 2.68 bits per heavy atom. The Labute approximate surface area is 106 Å². The summed E-state index contributed by atoms with van der Waals surface area (Å²) in [5, 5.41) is 12.6. The topological polar surface area (TPSA) is 107 Å². The van der Waals surface area contributed by atoms with Crippen LogP contribution < -0.4 is 11.1 Å². The van der Waals surface area contributed by atoms with Gasteiger partial charge in [-0.2, -0.15) is 0 Å². The molecule has 0 spiro atoms. The summed E-state index contributed by atoms with van der Waals surface area (Å²) in [5.41, 5.74) is 3.60. The van der Waals surface area contributed by atoms with Gasteiger partial charge in [-0.1, -0.05) is 0 Å². The Balaban J connectivity index is 3.15. The second kappa shape index (κ2) is 6.16. The SMILES string of the molecule is COC(CN)C(=O)Nc1c([N+](=O)[O-])ccc(F)c1F. The lowest BCUT2D eigenvalue weighted by atomic mass is 10.2. The highest BCUT2D eigenvalue weighted by atomic mass is 19.2. The zero-order valence-corrected chi connectivity index (χ0v) is 9.85. The predicted molar refractivity (Wildman–Crippen MR) is 61.5 cm³/mol. The van der Waals surface area contributed by atoms with E-state index in [0.717, 1.165) is 6.07 Å². The molecule has 0 aliphatic heterocycles. The third kappa shape index (κ3) is 3.20. The molecule has 7 nitrogen and oxygen atoms in total. The minimum absolute atomic E-state index is 0.215. The van der Waals surface area contributed by atoms with Gasteiger partial charge in [-0.15, -0.1) is 0 Å². The van der Waals surface area contributed by atoms with Gasteiger partial charge in [0, 0.05) is 19.7 Å². The maximum absolute atomic E-state index is 13.5. The number of methoxy groups -OCH3 is 1. The van der Waals surface area contributed by atoms with Crippen LogP contribution >= 0.6 is 0 Å². The molecular weight excluding hydrogens is 264 g/mol. The first-order valence-corrected chi connectivity index (χ1v) is 5.08. The first kappa shape index (κ1) is 14.9. The number of nitrogens with two attached hydrogens (primary N) is 1. The summed E-state index contributed by atoms with van der Waals surface area (Å²) in [6, 6.07) is 1.35. The second-order valence-corrected chi connectivity index (χ2v) is 3.46. The average molecular weight is 275 g/mol. The number of carbonyl (C=O) groups is 1. The van der Waals surface area contributed by atoms with Gasteiger partial charge in [0.2, 0.25) is 0 Å². The Bertz CT molecular complexity index is 506. The van der Waals surface area contributed by atoms with Crippen LogP contribution in [-0.2, 0) is 9.53 Å². The van der Waals surface area contributed by atoms with Gasteiger partial charge in [0.15, 0.2) is 17.3 Å². The Kier molecular flexibility index (Phi) is 4.84. The molecule has 1 unspecified atom stereocenters. The number of carbonyl (C=O) groups excluding carboxylic acids is 1. The Morgan fingerprint density at radius 1 is 1.58 bits per heavy atom. The molecule has 1 aromatic rings. The normalized spacial score (nSPS) is 12.0. The predicted octanol–water partition coefficient (Wildman–Crippen LogP) is 0.785. The third-order valence-corrected chi connectivity index (χ3v) is 2.31. The zero-order chi connectivity index (χ0) is 14.6. The van der Waals surface area contributed by atoms with Crippen LogP contribution in [0.2, 0.25) is 0 Å². The summed E-state index contributed by atoms with van der Waals surface area (Å²) < 4.78 is 31.2. The number of rotatable bonds is 5. The number of hydrogen-bond donors (Lipinski definition) is 2. The quantitative estimate of drug-likeness (QED) is 0.610. The maximum atomic E-state index is 13.5. The first-order valence-electron chi connectivity index (χ1n) is 5.08. The van der Waals surface area contributed by atoms with E-state index in [9.17, 15) is 23.7 Å². The van der Waals surface area contributed by atoms with Crippen molar-refractivity contribution in [1.29, 1.82) is 0 Å². The lowest BCUT2D eigenvalue weighted by Crippen LogP contribution is -2.36. The van der Waals surface area contributed by atoms with Gasteiger partial charge < -0.3 is 15.8 Å². The number of halogens is 2. The van der Waals surface area contributed by atoms with Crippen molar-refractivity contribution in [3.05, 3.63) is 33.9 Å². The number of anilines is 1. The van der Waals surface area contributed by atoms with Crippen molar-refractivity contribution in [3.63, 3.8) is 0 Å². The molecular formula is C10H11F2N3O4. The van der Waals surface area contributed by atoms with E-state index in [4.69, 9.17) is 5.73 Å². The maximum Gasteiger partial charge on any atom is 0.296 e. The molecule has 104 valence electrons. The van der Waals surface area contributed by atoms with Gasteiger partial charge >= 0.3 is 0 Å². The van der Waals surface area contributed by atoms with E-state index < -0.39 is 39.9 Å². The highest BCUT2D eigenvalue weighted by Crippen LogP contribution is 2.29. The third-order valence-electron chi connectivity index (χ3n) is 2.31. The fraction of sp³-hybridized carbons (Fsp3) is 0.300. The first-order chi connectivity index (χ1) is 8.92. The number of hydrogen-bond acceptors (Lipinski definition) is 5. The number of nitro groups is 1. The van der Waals surface area contributed by atoms with Crippen molar-refractivity contribution in [2.75, 3.05) is 19.0 Å². The van der Waals surface area contributed by atoms with Crippen LogP contribution in [0.4, 0.5) is 20.2 Å². The molecule has 1 atom stereocenters. The number of nitrogens with zero attached hydrogens (tertiary/aromatic N) is 1. The number of ether oxygens (including phenoxy) is 1. The molecule has 1 aromatic carbocycles. The molecule has 0 aliphatic carbocycles. The van der Waals surface area contributed by atoms with Crippen LogP contribution in [0, 0.1) is 21.7 Å². The lowest BCUT2D eigenvalue weighted by Gasteiger charge is -2.13. The molecule has 0 bridgehead atoms. The Hall–Kier alpha value is -2.13. The number of benzene rings is 1. The summed E-state index contributed by atoms with van der Waals surface area (Å²) in [4.78, 5) is 21.3. The molecule has 0 aliphatic rings. The van der Waals surface area contributed by atoms with Gasteiger partial charge in [0.1, 0.15) is 6.10 Å². The van der Waals surface area contributed by atoms with Crippen molar-refractivity contribution in [2.24, 2.45) is 5.73 Å². The second-order valence-electron chi connectivity index (χ2n) is 3.46. The number of amides is 1. The number of nitrogens with one attached hydrogen (secondary N) is 1. The van der Waals surface area contributed by atoms with Crippen LogP contribution in [0.1, 0.15) is 0 Å². The minimum atomic E-state index is -1.52. The van der Waals surface area contributed by atoms with E-state index in [2.05, 4.69) is 4.74 Å². The standard InChI is InChI=1S/C10H11F2N3O4/c1-19-7(4-13)10(16)14-9-6(15(17)18)3-2-5(11)8(9)12/h2-3,7H,4,13H2,1H3,(H,14,16). The van der Waals surface area contributed by atoms with Crippen LogP contribution in [-0.4, -0.2) is 30.6 Å². The molecule has 1 rings (SSSR count). The van der Waals surface area contributed by atoms with E-state index in [1.165, 1.54) is 7.11 Å². The van der Waals surface area contributed by atoms with Crippen molar-refractivity contribution in [2.45, 2.75) is 6.10 Å². The van der Waals surface area contributed by atoms with Gasteiger partial charge in [0.25, 0.3) is 11.6 Å². The van der Waals surface area contributed by atoms with Gasteiger partial charge in [-0.25, -0.2) is 8.78 Å². The molecule has 0 heterocycles. The highest BCUT2D eigenvalue weighted by molar-refractivity contribution is 5.96. The van der Waals surface area contributed by atoms with E-state index in [-0.39, 0.29) is 6.54 Å².